The summed E-state index contributed by atoms with van der Waals surface area (Å²) < 4.78 is 45.4. The van der Waals surface area contributed by atoms with E-state index in [1.807, 2.05) is 6.92 Å². The highest BCUT2D eigenvalue weighted by Crippen LogP contribution is 2.21. The number of rotatable bonds is 8. The molecule has 0 aliphatic carbocycles. The molecule has 0 amide bonds. The monoisotopic (exact) mass is 437 g/mol. The molecule has 0 saturated heterocycles. The Bertz CT molecular complexity index is 1100. The van der Waals surface area contributed by atoms with Crippen molar-refractivity contribution in [2.45, 2.75) is 30.7 Å². The second kappa shape index (κ2) is 8.81. The highest BCUT2D eigenvalue weighted by molar-refractivity contribution is 7.89. The van der Waals surface area contributed by atoms with Gasteiger partial charge in [-0.15, -0.1) is 5.10 Å². The van der Waals surface area contributed by atoms with Crippen LogP contribution < -0.4 is 4.72 Å². The van der Waals surface area contributed by atoms with Gasteiger partial charge in [0.1, 0.15) is 17.3 Å². The molecule has 2 heterocycles. The fourth-order valence-corrected chi connectivity index (χ4v) is 3.82. The van der Waals surface area contributed by atoms with Crippen molar-refractivity contribution < 1.29 is 22.0 Å². The first-order valence-electron chi connectivity index (χ1n) is 8.60. The molecular weight excluding hydrogens is 421 g/mol. The van der Waals surface area contributed by atoms with Gasteiger partial charge in [-0.3, -0.25) is 4.79 Å². The average molecular weight is 438 g/mol. The molecule has 0 bridgehead atoms. The first-order chi connectivity index (χ1) is 13.8. The second-order valence-electron chi connectivity index (χ2n) is 6.35. The molecule has 0 radical (unpaired) electrons. The smallest absolute Gasteiger partial charge is 0.240 e. The van der Waals surface area contributed by atoms with Gasteiger partial charge in [0.25, 0.3) is 0 Å². The maximum atomic E-state index is 13.2. The van der Waals surface area contributed by atoms with Gasteiger partial charge in [0.15, 0.2) is 5.78 Å². The number of aromatic nitrogens is 2. The standard InChI is InChI=1S/C19H17ClFN3O4S/c1-12(19-3-2-8-28-19)9-18(25)17-7-4-13(23-24-17)11-22-29(26,27)14-5-6-16(21)15(20)10-14/h2-8,10,12,22H,9,11H2,1H3. The van der Waals surface area contributed by atoms with Crippen LogP contribution in [-0.4, -0.2) is 24.4 Å². The van der Waals surface area contributed by atoms with Crippen LogP contribution in [0, 0.1) is 5.82 Å². The summed E-state index contributed by atoms with van der Waals surface area (Å²) in [5.74, 6) is -0.306. The number of benzene rings is 1. The number of nitrogens with zero attached hydrogens (tertiary/aromatic N) is 2. The number of furan rings is 1. The normalized spacial score (nSPS) is 12.7. The van der Waals surface area contributed by atoms with Gasteiger partial charge < -0.3 is 4.42 Å². The van der Waals surface area contributed by atoms with Crippen molar-refractivity contribution in [2.75, 3.05) is 0 Å². The summed E-state index contributed by atoms with van der Waals surface area (Å²) in [6, 6.07) is 9.66. The van der Waals surface area contributed by atoms with Gasteiger partial charge in [-0.2, -0.15) is 5.10 Å². The maximum absolute atomic E-state index is 13.2. The lowest BCUT2D eigenvalue weighted by atomic mass is 10.0. The number of carbonyl (C=O) groups excluding carboxylic acids is 1. The van der Waals surface area contributed by atoms with Crippen molar-refractivity contribution in [3.63, 3.8) is 0 Å². The van der Waals surface area contributed by atoms with Crippen LogP contribution >= 0.6 is 11.6 Å². The molecule has 1 atom stereocenters. The van der Waals surface area contributed by atoms with Crippen LogP contribution in [-0.2, 0) is 16.6 Å². The zero-order valence-corrected chi connectivity index (χ0v) is 16.9. The van der Waals surface area contributed by atoms with Crippen molar-refractivity contribution in [3.05, 3.63) is 76.7 Å². The van der Waals surface area contributed by atoms with Gasteiger partial charge in [0.05, 0.1) is 28.4 Å². The molecule has 10 heteroatoms. The highest BCUT2D eigenvalue weighted by Gasteiger charge is 2.18. The number of nitrogens with one attached hydrogen (secondary N) is 1. The fraction of sp³-hybridized carbons (Fsp3) is 0.211. The largest absolute Gasteiger partial charge is 0.469 e. The molecule has 0 aliphatic heterocycles. The second-order valence-corrected chi connectivity index (χ2v) is 8.53. The zero-order valence-electron chi connectivity index (χ0n) is 15.3. The zero-order chi connectivity index (χ0) is 21.0. The molecule has 0 spiro atoms. The molecule has 2 aromatic heterocycles. The Morgan fingerprint density at radius 2 is 2.03 bits per heavy atom. The quantitative estimate of drug-likeness (QED) is 0.539. The van der Waals surface area contributed by atoms with Gasteiger partial charge in [0.2, 0.25) is 10.0 Å². The summed E-state index contributed by atoms with van der Waals surface area (Å²) in [6.45, 7) is 1.72. The molecule has 0 aliphatic rings. The van der Waals surface area contributed by atoms with E-state index in [1.54, 1.807) is 18.4 Å². The summed E-state index contributed by atoms with van der Waals surface area (Å²) in [7, 11) is -3.91. The minimum Gasteiger partial charge on any atom is -0.469 e. The van der Waals surface area contributed by atoms with E-state index in [2.05, 4.69) is 14.9 Å². The molecule has 1 N–H and O–H groups in total. The Kier molecular flexibility index (Phi) is 6.41. The average Bonchev–Trinajstić information content (AvgIpc) is 3.24. The number of ketones is 1. The van der Waals surface area contributed by atoms with Crippen molar-refractivity contribution in [2.24, 2.45) is 0 Å². The Labute approximate surface area is 172 Å². The Balaban J connectivity index is 1.61. The lowest BCUT2D eigenvalue weighted by molar-refractivity contribution is 0.0966. The maximum Gasteiger partial charge on any atom is 0.240 e. The molecular formula is C19H17ClFN3O4S. The number of hydrogen-bond donors (Lipinski definition) is 1. The molecule has 3 aromatic rings. The van der Waals surface area contributed by atoms with Crippen molar-refractivity contribution in [1.29, 1.82) is 0 Å². The van der Waals surface area contributed by atoms with Crippen molar-refractivity contribution in [1.82, 2.24) is 14.9 Å². The third-order valence-corrected chi connectivity index (χ3v) is 5.86. The van der Waals surface area contributed by atoms with Crippen molar-refractivity contribution in [3.8, 4) is 0 Å². The molecule has 1 unspecified atom stereocenters. The van der Waals surface area contributed by atoms with E-state index >= 15 is 0 Å². The van der Waals surface area contributed by atoms with Gasteiger partial charge in [-0.05, 0) is 42.5 Å². The third-order valence-electron chi connectivity index (χ3n) is 4.17. The lowest BCUT2D eigenvalue weighted by Crippen LogP contribution is -2.24. The number of halogens is 2. The summed E-state index contributed by atoms with van der Waals surface area (Å²) in [5.41, 5.74) is 0.498. The first kappa shape index (κ1) is 21.1. The summed E-state index contributed by atoms with van der Waals surface area (Å²) in [5, 5.41) is 7.48. The van der Waals surface area contributed by atoms with Gasteiger partial charge in [0, 0.05) is 12.3 Å². The minimum atomic E-state index is -3.91. The van der Waals surface area contributed by atoms with Gasteiger partial charge in [-0.25, -0.2) is 17.5 Å². The fourth-order valence-electron chi connectivity index (χ4n) is 2.55. The lowest BCUT2D eigenvalue weighted by Gasteiger charge is -2.08. The Morgan fingerprint density at radius 3 is 2.66 bits per heavy atom. The predicted molar refractivity (Wildman–Crippen MR) is 104 cm³/mol. The predicted octanol–water partition coefficient (Wildman–Crippen LogP) is 3.72. The number of hydrogen-bond acceptors (Lipinski definition) is 6. The minimum absolute atomic E-state index is 0.103. The summed E-state index contributed by atoms with van der Waals surface area (Å²) in [4.78, 5) is 12.2. The molecule has 29 heavy (non-hydrogen) atoms. The van der Waals surface area contributed by atoms with Crippen LogP contribution in [0.4, 0.5) is 4.39 Å². The first-order valence-corrected chi connectivity index (χ1v) is 10.5. The van der Waals surface area contributed by atoms with Gasteiger partial charge in [-0.1, -0.05) is 18.5 Å². The van der Waals surface area contributed by atoms with E-state index in [0.717, 1.165) is 18.2 Å². The molecule has 0 fully saturated rings. The van der Waals surface area contributed by atoms with E-state index in [0.29, 0.717) is 11.5 Å². The Hall–Kier alpha value is -2.62. The molecule has 1 aromatic carbocycles. The van der Waals surface area contributed by atoms with Crippen LogP contribution in [0.2, 0.25) is 5.02 Å². The van der Waals surface area contributed by atoms with Crippen molar-refractivity contribution >= 4 is 27.4 Å². The van der Waals surface area contributed by atoms with E-state index in [1.165, 1.54) is 12.1 Å². The summed E-state index contributed by atoms with van der Waals surface area (Å²) >= 11 is 5.63. The van der Waals surface area contributed by atoms with E-state index in [4.69, 9.17) is 16.0 Å². The van der Waals surface area contributed by atoms with Crippen LogP contribution in [0.3, 0.4) is 0 Å². The molecule has 7 nitrogen and oxygen atoms in total. The highest BCUT2D eigenvalue weighted by atomic mass is 35.5. The Morgan fingerprint density at radius 1 is 1.24 bits per heavy atom. The van der Waals surface area contributed by atoms with Gasteiger partial charge >= 0.3 is 0 Å². The van der Waals surface area contributed by atoms with E-state index < -0.39 is 15.8 Å². The van der Waals surface area contributed by atoms with E-state index in [9.17, 15) is 17.6 Å². The topological polar surface area (TPSA) is 102 Å². The number of sulfonamides is 1. The molecule has 0 saturated carbocycles. The SMILES string of the molecule is CC(CC(=O)c1ccc(CNS(=O)(=O)c2ccc(F)c(Cl)c2)nn1)c1ccco1. The van der Waals surface area contributed by atoms with E-state index in [-0.39, 0.29) is 40.3 Å². The molecule has 3 rings (SSSR count). The number of Topliss-reactive ketones (excluding diaryl/α,β-unsaturated/α-hetero) is 1. The molecule has 152 valence electrons. The van der Waals surface area contributed by atoms with Crippen LogP contribution in [0.1, 0.15) is 41.2 Å². The number of carbonyl (C=O) groups is 1. The van der Waals surface area contributed by atoms with Crippen LogP contribution in [0.15, 0.2) is 58.0 Å². The van der Waals surface area contributed by atoms with Crippen LogP contribution in [0.25, 0.3) is 0 Å². The summed E-state index contributed by atoms with van der Waals surface area (Å²) in [6.07, 6.45) is 1.76. The van der Waals surface area contributed by atoms with Crippen LogP contribution in [0.5, 0.6) is 0 Å². The third kappa shape index (κ3) is 5.26.